The fraction of sp³-hybridized carbons (Fsp3) is 0.462. The van der Waals surface area contributed by atoms with Crippen molar-refractivity contribution >= 4 is 16.6 Å². The summed E-state index contributed by atoms with van der Waals surface area (Å²) in [6.07, 6.45) is 1.04. The van der Waals surface area contributed by atoms with E-state index in [1.807, 2.05) is 13.8 Å². The zero-order chi connectivity index (χ0) is 14.7. The summed E-state index contributed by atoms with van der Waals surface area (Å²) in [7, 11) is 0. The minimum atomic E-state index is -0.597. The average Bonchev–Trinajstić information content (AvgIpc) is 2.79. The van der Waals surface area contributed by atoms with Gasteiger partial charge < -0.3 is 10.4 Å². The van der Waals surface area contributed by atoms with Crippen molar-refractivity contribution in [2.45, 2.75) is 32.5 Å². The van der Waals surface area contributed by atoms with Gasteiger partial charge in [0.2, 0.25) is 0 Å². The third kappa shape index (κ3) is 3.31. The van der Waals surface area contributed by atoms with Crippen LogP contribution in [0.2, 0.25) is 0 Å². The van der Waals surface area contributed by atoms with E-state index in [1.165, 1.54) is 12.1 Å². The Labute approximate surface area is 116 Å². The van der Waals surface area contributed by atoms with Crippen molar-refractivity contribution in [3.8, 4) is 0 Å². The van der Waals surface area contributed by atoms with Crippen LogP contribution in [-0.2, 0) is 6.54 Å². The highest BCUT2D eigenvalue weighted by Crippen LogP contribution is 2.20. The first kappa shape index (κ1) is 14.4. The molecule has 1 unspecified atom stereocenters. The molecule has 0 aliphatic carbocycles. The van der Waals surface area contributed by atoms with E-state index in [0.717, 1.165) is 5.39 Å². The number of aromatic nitrogens is 2. The summed E-state index contributed by atoms with van der Waals surface area (Å²) in [5, 5.41) is 28.9. The molecule has 0 spiro atoms. The van der Waals surface area contributed by atoms with E-state index in [2.05, 4.69) is 10.4 Å². The highest BCUT2D eigenvalue weighted by molar-refractivity contribution is 5.80. The maximum atomic E-state index is 10.8. The molecule has 0 fully saturated rings. The lowest BCUT2D eigenvalue weighted by Crippen LogP contribution is -2.34. The second kappa shape index (κ2) is 5.98. The predicted molar refractivity (Wildman–Crippen MR) is 75.5 cm³/mol. The molecule has 0 aliphatic rings. The number of hydrogen-bond acceptors (Lipinski definition) is 5. The van der Waals surface area contributed by atoms with Crippen LogP contribution in [-0.4, -0.2) is 38.5 Å². The Morgan fingerprint density at radius 2 is 2.25 bits per heavy atom. The summed E-state index contributed by atoms with van der Waals surface area (Å²) in [6, 6.07) is 4.88. The van der Waals surface area contributed by atoms with E-state index >= 15 is 0 Å². The maximum Gasteiger partial charge on any atom is 0.271 e. The molecule has 0 saturated heterocycles. The Balaban J connectivity index is 2.17. The monoisotopic (exact) mass is 278 g/mol. The first-order valence-electron chi connectivity index (χ1n) is 6.49. The molecule has 1 aromatic heterocycles. The number of nitro benzene ring substituents is 1. The first-order valence-corrected chi connectivity index (χ1v) is 6.49. The van der Waals surface area contributed by atoms with Crippen LogP contribution in [0.25, 0.3) is 10.9 Å². The predicted octanol–water partition coefficient (Wildman–Crippen LogP) is 1.30. The summed E-state index contributed by atoms with van der Waals surface area (Å²) in [5.41, 5.74) is 0.678. The summed E-state index contributed by atoms with van der Waals surface area (Å²) in [4.78, 5) is 10.4. The second-order valence-electron chi connectivity index (χ2n) is 5.04. The quantitative estimate of drug-likeness (QED) is 0.613. The molecule has 20 heavy (non-hydrogen) atoms. The van der Waals surface area contributed by atoms with Gasteiger partial charge in [-0.15, -0.1) is 0 Å². The number of nitrogens with one attached hydrogen (secondary N) is 1. The number of aliphatic hydroxyl groups is 1. The van der Waals surface area contributed by atoms with Crippen molar-refractivity contribution in [1.82, 2.24) is 15.1 Å². The second-order valence-corrected chi connectivity index (χ2v) is 5.04. The molecule has 2 aromatic rings. The van der Waals surface area contributed by atoms with E-state index in [4.69, 9.17) is 0 Å². The number of nitrogens with zero attached hydrogens (tertiary/aromatic N) is 3. The van der Waals surface area contributed by atoms with E-state index in [-0.39, 0.29) is 5.69 Å². The lowest BCUT2D eigenvalue weighted by molar-refractivity contribution is -0.384. The minimum absolute atomic E-state index is 0.0223. The Bertz CT molecular complexity index is 609. The first-order chi connectivity index (χ1) is 9.47. The van der Waals surface area contributed by atoms with Crippen LogP contribution in [0.1, 0.15) is 13.8 Å². The van der Waals surface area contributed by atoms with Crippen molar-refractivity contribution in [1.29, 1.82) is 0 Å². The fourth-order valence-corrected chi connectivity index (χ4v) is 1.95. The number of non-ortho nitro benzene ring substituents is 1. The molecule has 0 saturated carbocycles. The number of aliphatic hydroxyl groups excluding tert-OH is 1. The SMILES string of the molecule is CC(C)NCC(O)Cn1ncc2ccc([N+](=O)[O-])cc21. The standard InChI is InChI=1S/C13H18N4O3/c1-9(2)14-7-12(18)8-16-13-5-11(17(19)20)4-3-10(13)6-15-16/h3-6,9,12,14,18H,7-8H2,1-2H3. The van der Waals surface area contributed by atoms with Gasteiger partial charge in [0.1, 0.15) is 0 Å². The average molecular weight is 278 g/mol. The minimum Gasteiger partial charge on any atom is -0.390 e. The zero-order valence-corrected chi connectivity index (χ0v) is 11.5. The molecular formula is C13H18N4O3. The van der Waals surface area contributed by atoms with Gasteiger partial charge in [0.25, 0.3) is 5.69 Å². The van der Waals surface area contributed by atoms with Crippen molar-refractivity contribution in [2.75, 3.05) is 6.54 Å². The topological polar surface area (TPSA) is 93.2 Å². The van der Waals surface area contributed by atoms with Crippen LogP contribution >= 0.6 is 0 Å². The number of nitro groups is 1. The zero-order valence-electron chi connectivity index (χ0n) is 11.5. The number of fused-ring (bicyclic) bond motifs is 1. The largest absolute Gasteiger partial charge is 0.390 e. The molecule has 0 amide bonds. The molecule has 0 aliphatic heterocycles. The summed E-state index contributed by atoms with van der Waals surface area (Å²) >= 11 is 0. The fourth-order valence-electron chi connectivity index (χ4n) is 1.95. The number of rotatable bonds is 6. The Morgan fingerprint density at radius 1 is 1.50 bits per heavy atom. The maximum absolute atomic E-state index is 10.8. The molecule has 1 atom stereocenters. The molecule has 7 heteroatoms. The summed E-state index contributed by atoms with van der Waals surface area (Å²) in [5.74, 6) is 0. The van der Waals surface area contributed by atoms with Gasteiger partial charge in [-0.2, -0.15) is 5.10 Å². The molecule has 7 nitrogen and oxygen atoms in total. The van der Waals surface area contributed by atoms with Crippen LogP contribution in [0.5, 0.6) is 0 Å². The lowest BCUT2D eigenvalue weighted by atomic mass is 10.2. The van der Waals surface area contributed by atoms with E-state index in [0.29, 0.717) is 24.6 Å². The van der Waals surface area contributed by atoms with Crippen LogP contribution < -0.4 is 5.32 Å². The number of hydrogen-bond donors (Lipinski definition) is 2. The third-order valence-corrected chi connectivity index (χ3v) is 2.98. The molecule has 0 bridgehead atoms. The van der Waals surface area contributed by atoms with Crippen molar-refractivity contribution in [2.24, 2.45) is 0 Å². The van der Waals surface area contributed by atoms with Gasteiger partial charge in [0.15, 0.2) is 0 Å². The van der Waals surface area contributed by atoms with Crippen LogP contribution in [0.15, 0.2) is 24.4 Å². The molecule has 1 heterocycles. The molecular weight excluding hydrogens is 260 g/mol. The van der Waals surface area contributed by atoms with E-state index in [1.54, 1.807) is 16.9 Å². The van der Waals surface area contributed by atoms with Crippen molar-refractivity contribution in [3.05, 3.63) is 34.5 Å². The van der Waals surface area contributed by atoms with Crippen LogP contribution in [0.4, 0.5) is 5.69 Å². The van der Waals surface area contributed by atoms with Gasteiger partial charge in [-0.25, -0.2) is 0 Å². The molecule has 2 rings (SSSR count). The lowest BCUT2D eigenvalue weighted by Gasteiger charge is -2.14. The van der Waals surface area contributed by atoms with Gasteiger partial charge in [-0.3, -0.25) is 14.8 Å². The molecule has 2 N–H and O–H groups in total. The van der Waals surface area contributed by atoms with E-state index in [9.17, 15) is 15.2 Å². The highest BCUT2D eigenvalue weighted by Gasteiger charge is 2.13. The Kier molecular flexibility index (Phi) is 4.31. The van der Waals surface area contributed by atoms with Crippen molar-refractivity contribution in [3.63, 3.8) is 0 Å². The Hall–Kier alpha value is -1.99. The summed E-state index contributed by atoms with van der Waals surface area (Å²) in [6.45, 7) is 4.75. The third-order valence-electron chi connectivity index (χ3n) is 2.98. The molecule has 0 radical (unpaired) electrons. The smallest absolute Gasteiger partial charge is 0.271 e. The van der Waals surface area contributed by atoms with Crippen LogP contribution in [0.3, 0.4) is 0 Å². The van der Waals surface area contributed by atoms with Gasteiger partial charge in [-0.05, 0) is 6.07 Å². The molecule has 108 valence electrons. The highest BCUT2D eigenvalue weighted by atomic mass is 16.6. The summed E-state index contributed by atoms with van der Waals surface area (Å²) < 4.78 is 1.59. The Morgan fingerprint density at radius 3 is 2.90 bits per heavy atom. The van der Waals surface area contributed by atoms with Gasteiger partial charge in [0.05, 0.1) is 29.3 Å². The number of benzene rings is 1. The van der Waals surface area contributed by atoms with Crippen molar-refractivity contribution < 1.29 is 10.0 Å². The normalized spacial score (nSPS) is 13.0. The molecule has 1 aromatic carbocycles. The van der Waals surface area contributed by atoms with Crippen LogP contribution in [0, 0.1) is 10.1 Å². The van der Waals surface area contributed by atoms with Gasteiger partial charge in [-0.1, -0.05) is 13.8 Å². The van der Waals surface area contributed by atoms with E-state index < -0.39 is 11.0 Å². The van der Waals surface area contributed by atoms with Gasteiger partial charge in [0, 0.05) is 30.1 Å². The van der Waals surface area contributed by atoms with Gasteiger partial charge >= 0.3 is 0 Å².